The van der Waals surface area contributed by atoms with Crippen LogP contribution in [0.2, 0.25) is 0 Å². The summed E-state index contributed by atoms with van der Waals surface area (Å²) >= 11 is 0. The van der Waals surface area contributed by atoms with Crippen molar-refractivity contribution >= 4 is 16.8 Å². The van der Waals surface area contributed by atoms with Crippen LogP contribution in [-0.2, 0) is 7.05 Å². The smallest absolute Gasteiger partial charge is 0.274 e. The molecule has 0 saturated carbocycles. The first-order valence-electron chi connectivity index (χ1n) is 8.19. The zero-order valence-electron chi connectivity index (χ0n) is 13.9. The molecule has 1 saturated heterocycles. The molecule has 2 aromatic heterocycles. The Balaban J connectivity index is 1.76. The van der Waals surface area contributed by atoms with E-state index in [0.717, 1.165) is 25.9 Å². The van der Waals surface area contributed by atoms with Gasteiger partial charge in [0.25, 0.3) is 11.5 Å². The maximum absolute atomic E-state index is 12.6. The first kappa shape index (κ1) is 15.8. The summed E-state index contributed by atoms with van der Waals surface area (Å²) in [6.45, 7) is 6.42. The number of hydrogen-bond donors (Lipinski definition) is 2. The van der Waals surface area contributed by atoms with Crippen molar-refractivity contribution in [2.75, 3.05) is 13.1 Å². The van der Waals surface area contributed by atoms with Gasteiger partial charge in [-0.3, -0.25) is 9.59 Å². The number of nitrogens with zero attached hydrogens (tertiary/aromatic N) is 2. The molecule has 2 N–H and O–H groups in total. The van der Waals surface area contributed by atoms with Crippen LogP contribution < -0.4 is 10.9 Å². The minimum Gasteiger partial charge on any atom is -0.357 e. The first-order valence-corrected chi connectivity index (χ1v) is 8.19. The third kappa shape index (κ3) is 3.03. The number of pyridine rings is 1. The van der Waals surface area contributed by atoms with Crippen LogP contribution >= 0.6 is 0 Å². The highest BCUT2D eigenvalue weighted by Crippen LogP contribution is 2.17. The number of carbonyl (C=O) groups excluding carboxylic acids is 1. The average Bonchev–Trinajstić information content (AvgIpc) is 3.01. The van der Waals surface area contributed by atoms with Crippen LogP contribution in [0, 0.1) is 0 Å². The van der Waals surface area contributed by atoms with Crippen molar-refractivity contribution < 1.29 is 4.79 Å². The molecule has 0 atom stereocenters. The van der Waals surface area contributed by atoms with Crippen molar-refractivity contribution in [2.24, 2.45) is 7.05 Å². The van der Waals surface area contributed by atoms with Gasteiger partial charge in [-0.2, -0.15) is 0 Å². The Morgan fingerprint density at radius 1 is 1.35 bits per heavy atom. The van der Waals surface area contributed by atoms with Crippen molar-refractivity contribution in [1.29, 1.82) is 0 Å². The van der Waals surface area contributed by atoms with E-state index in [9.17, 15) is 9.59 Å². The molecule has 23 heavy (non-hydrogen) atoms. The van der Waals surface area contributed by atoms with Gasteiger partial charge in [0.05, 0.1) is 5.56 Å². The Labute approximate surface area is 135 Å². The summed E-state index contributed by atoms with van der Waals surface area (Å²) in [6.07, 6.45) is 5.25. The molecule has 0 unspecified atom stereocenters. The van der Waals surface area contributed by atoms with E-state index in [1.807, 2.05) is 0 Å². The normalized spacial score (nSPS) is 17.0. The molecule has 0 bridgehead atoms. The van der Waals surface area contributed by atoms with Crippen LogP contribution in [0.5, 0.6) is 0 Å². The number of hydrogen-bond acceptors (Lipinski definition) is 3. The van der Waals surface area contributed by atoms with E-state index < -0.39 is 0 Å². The summed E-state index contributed by atoms with van der Waals surface area (Å²) in [5.74, 6) is -0.104. The van der Waals surface area contributed by atoms with Crippen LogP contribution in [0.3, 0.4) is 0 Å². The highest BCUT2D eigenvalue weighted by atomic mass is 16.2. The lowest BCUT2D eigenvalue weighted by Crippen LogP contribution is -2.46. The second-order valence-corrected chi connectivity index (χ2v) is 6.60. The third-order valence-corrected chi connectivity index (χ3v) is 4.73. The molecule has 6 nitrogen and oxygen atoms in total. The van der Waals surface area contributed by atoms with E-state index in [0.29, 0.717) is 22.5 Å². The molecular formula is C17H24N4O2. The maximum atomic E-state index is 12.6. The number of rotatable bonds is 3. The SMILES string of the molecule is CC(C)N1CCC(NC(=O)c2cn(C)c(=O)c3[nH]ccc23)CC1. The molecule has 2 aromatic rings. The Hall–Kier alpha value is -2.08. The largest absolute Gasteiger partial charge is 0.357 e. The van der Waals surface area contributed by atoms with E-state index in [2.05, 4.69) is 29.0 Å². The van der Waals surface area contributed by atoms with Gasteiger partial charge in [-0.05, 0) is 32.8 Å². The number of fused-ring (bicyclic) bond motifs is 1. The van der Waals surface area contributed by atoms with E-state index in [1.54, 1.807) is 25.5 Å². The molecule has 1 fully saturated rings. The predicted molar refractivity (Wildman–Crippen MR) is 90.7 cm³/mol. The van der Waals surface area contributed by atoms with Crippen LogP contribution in [0.25, 0.3) is 10.9 Å². The summed E-state index contributed by atoms with van der Waals surface area (Å²) in [5, 5.41) is 3.81. The van der Waals surface area contributed by atoms with Crippen molar-refractivity contribution in [3.63, 3.8) is 0 Å². The highest BCUT2D eigenvalue weighted by Gasteiger charge is 2.23. The lowest BCUT2D eigenvalue weighted by molar-refractivity contribution is 0.0901. The van der Waals surface area contributed by atoms with Gasteiger partial charge in [-0.1, -0.05) is 0 Å². The summed E-state index contributed by atoms with van der Waals surface area (Å²) < 4.78 is 1.45. The summed E-state index contributed by atoms with van der Waals surface area (Å²) in [5.41, 5.74) is 0.913. The van der Waals surface area contributed by atoms with Crippen molar-refractivity contribution in [3.05, 3.63) is 34.4 Å². The van der Waals surface area contributed by atoms with Gasteiger partial charge < -0.3 is 19.8 Å². The van der Waals surface area contributed by atoms with E-state index in [-0.39, 0.29) is 17.5 Å². The van der Waals surface area contributed by atoms with Gasteiger partial charge in [0.1, 0.15) is 5.52 Å². The zero-order valence-corrected chi connectivity index (χ0v) is 13.9. The molecule has 3 rings (SSSR count). The average molecular weight is 316 g/mol. The fraction of sp³-hybridized carbons (Fsp3) is 0.529. The number of aromatic nitrogens is 2. The van der Waals surface area contributed by atoms with Gasteiger partial charge in [0.2, 0.25) is 0 Å². The number of H-pyrrole nitrogens is 1. The summed E-state index contributed by atoms with van der Waals surface area (Å²) in [4.78, 5) is 30.1. The van der Waals surface area contributed by atoms with Crippen LogP contribution in [0.1, 0.15) is 37.0 Å². The standard InChI is InChI=1S/C17H24N4O2/c1-11(2)21-8-5-12(6-9-21)19-16(22)14-10-20(3)17(23)15-13(14)4-7-18-15/h4,7,10-12,18H,5-6,8-9H2,1-3H3,(H,19,22). The Morgan fingerprint density at radius 3 is 2.70 bits per heavy atom. The molecule has 6 heteroatoms. The first-order chi connectivity index (χ1) is 11.0. The Kier molecular flexibility index (Phi) is 4.26. The van der Waals surface area contributed by atoms with Crippen molar-refractivity contribution in [2.45, 2.75) is 38.8 Å². The van der Waals surface area contributed by atoms with Gasteiger partial charge in [-0.25, -0.2) is 0 Å². The van der Waals surface area contributed by atoms with Gasteiger partial charge in [0.15, 0.2) is 0 Å². The predicted octanol–water partition coefficient (Wildman–Crippen LogP) is 1.47. The van der Waals surface area contributed by atoms with E-state index in [4.69, 9.17) is 0 Å². The lowest BCUT2D eigenvalue weighted by Gasteiger charge is -2.34. The quantitative estimate of drug-likeness (QED) is 0.901. The van der Waals surface area contributed by atoms with Crippen LogP contribution in [0.4, 0.5) is 0 Å². The highest BCUT2D eigenvalue weighted by molar-refractivity contribution is 6.06. The van der Waals surface area contributed by atoms with Gasteiger partial charge in [-0.15, -0.1) is 0 Å². The molecule has 0 aromatic carbocycles. The maximum Gasteiger partial charge on any atom is 0.274 e. The summed E-state index contributed by atoms with van der Waals surface area (Å²) in [6, 6.07) is 2.53. The number of likely N-dealkylation sites (tertiary alicyclic amines) is 1. The number of piperidine rings is 1. The van der Waals surface area contributed by atoms with E-state index >= 15 is 0 Å². The zero-order chi connectivity index (χ0) is 16.6. The van der Waals surface area contributed by atoms with Crippen LogP contribution in [-0.4, -0.2) is 45.5 Å². The minimum atomic E-state index is -0.119. The third-order valence-electron chi connectivity index (χ3n) is 4.73. The Morgan fingerprint density at radius 2 is 2.04 bits per heavy atom. The summed E-state index contributed by atoms with van der Waals surface area (Å²) in [7, 11) is 1.67. The number of amides is 1. The molecule has 1 aliphatic rings. The minimum absolute atomic E-state index is 0.104. The van der Waals surface area contributed by atoms with Crippen molar-refractivity contribution in [1.82, 2.24) is 19.8 Å². The Bertz CT molecular complexity index is 766. The monoisotopic (exact) mass is 316 g/mol. The topological polar surface area (TPSA) is 70.1 Å². The number of aryl methyl sites for hydroxylation is 1. The molecule has 1 aliphatic heterocycles. The molecule has 0 aliphatic carbocycles. The molecule has 1 amide bonds. The van der Waals surface area contributed by atoms with Gasteiger partial charge >= 0.3 is 0 Å². The van der Waals surface area contributed by atoms with Crippen molar-refractivity contribution in [3.8, 4) is 0 Å². The van der Waals surface area contributed by atoms with Crippen LogP contribution in [0.15, 0.2) is 23.3 Å². The number of nitrogens with one attached hydrogen (secondary N) is 2. The lowest BCUT2D eigenvalue weighted by atomic mass is 10.0. The second kappa shape index (κ2) is 6.20. The second-order valence-electron chi connectivity index (χ2n) is 6.60. The molecule has 3 heterocycles. The van der Waals surface area contributed by atoms with E-state index in [1.165, 1.54) is 4.57 Å². The molecule has 0 spiro atoms. The fourth-order valence-corrected chi connectivity index (χ4v) is 3.27. The molecule has 0 radical (unpaired) electrons. The number of aromatic amines is 1. The fourth-order valence-electron chi connectivity index (χ4n) is 3.27. The molecule has 124 valence electrons. The van der Waals surface area contributed by atoms with Gasteiger partial charge in [0, 0.05) is 50.0 Å². The molecular weight excluding hydrogens is 292 g/mol. The number of carbonyl (C=O) groups is 1.